The van der Waals surface area contributed by atoms with Crippen LogP contribution in [0.5, 0.6) is 11.5 Å². The van der Waals surface area contributed by atoms with Crippen LogP contribution in [0.4, 0.5) is 0 Å². The molecule has 2 N–H and O–H groups in total. The van der Waals surface area contributed by atoms with Crippen molar-refractivity contribution in [2.75, 3.05) is 0 Å². The molecule has 1 atom stereocenters. The number of rotatable bonds is 3. The van der Waals surface area contributed by atoms with Crippen LogP contribution in [0.25, 0.3) is 0 Å². The minimum atomic E-state index is -0.761. The van der Waals surface area contributed by atoms with E-state index in [0.29, 0.717) is 11.3 Å². The molecule has 1 aromatic carbocycles. The van der Waals surface area contributed by atoms with Gasteiger partial charge in [0, 0.05) is 23.6 Å². The van der Waals surface area contributed by atoms with Gasteiger partial charge < -0.3 is 14.9 Å². The molecule has 1 saturated carbocycles. The van der Waals surface area contributed by atoms with Crippen molar-refractivity contribution in [3.8, 4) is 11.5 Å². The number of aliphatic hydroxyl groups excluding tert-OH is 1. The lowest BCUT2D eigenvalue weighted by Gasteiger charge is -2.35. The van der Waals surface area contributed by atoms with Gasteiger partial charge in [0.2, 0.25) is 0 Å². The van der Waals surface area contributed by atoms with Crippen LogP contribution in [-0.2, 0) is 15.6 Å². The summed E-state index contributed by atoms with van der Waals surface area (Å²) in [5.41, 5.74) is 1.31. The normalized spacial score (nSPS) is 17.6. The minimum absolute atomic E-state index is 0.0961. The quantitative estimate of drug-likeness (QED) is 0.538. The third-order valence-corrected chi connectivity index (χ3v) is 5.49. The third-order valence-electron chi connectivity index (χ3n) is 5.49. The smallest absolute Gasteiger partial charge is 0.308 e. The fraction of sp³-hybridized carbons (Fsp3) is 0.696. The highest BCUT2D eigenvalue weighted by Crippen LogP contribution is 2.49. The van der Waals surface area contributed by atoms with E-state index in [-0.39, 0.29) is 17.1 Å². The summed E-state index contributed by atoms with van der Waals surface area (Å²) in [6.45, 7) is 13.5. The van der Waals surface area contributed by atoms with Crippen LogP contribution in [0, 0.1) is 5.92 Å². The number of benzene rings is 1. The lowest BCUT2D eigenvalue weighted by atomic mass is 9.73. The van der Waals surface area contributed by atoms with Crippen LogP contribution in [-0.4, -0.2) is 16.2 Å². The molecule has 1 aliphatic carbocycles. The first-order chi connectivity index (χ1) is 12.3. The molecule has 27 heavy (non-hydrogen) atoms. The summed E-state index contributed by atoms with van der Waals surface area (Å²) in [5, 5.41) is 22.2. The summed E-state index contributed by atoms with van der Waals surface area (Å²) in [7, 11) is 0. The van der Waals surface area contributed by atoms with Gasteiger partial charge in [0.05, 0.1) is 6.10 Å². The SMILES string of the molecule is CC(=O)Oc1c(C(C)(C)C)cc(O)c(C(O)C2CCCCC2)c1C(C)(C)C. The lowest BCUT2D eigenvalue weighted by molar-refractivity contribution is -0.132. The van der Waals surface area contributed by atoms with Crippen LogP contribution in [0.3, 0.4) is 0 Å². The Hall–Kier alpha value is -1.55. The van der Waals surface area contributed by atoms with Gasteiger partial charge in [0.25, 0.3) is 0 Å². The summed E-state index contributed by atoms with van der Waals surface area (Å²) in [6.07, 6.45) is 4.54. The Bertz CT molecular complexity index is 686. The summed E-state index contributed by atoms with van der Waals surface area (Å²) >= 11 is 0. The number of carbonyl (C=O) groups excluding carboxylic acids is 1. The molecule has 0 heterocycles. The van der Waals surface area contributed by atoms with Crippen LogP contribution >= 0.6 is 0 Å². The zero-order chi connectivity index (χ0) is 20.6. The van der Waals surface area contributed by atoms with Crippen LogP contribution < -0.4 is 4.74 Å². The fourth-order valence-electron chi connectivity index (χ4n) is 4.20. The van der Waals surface area contributed by atoms with Crippen molar-refractivity contribution in [2.45, 2.75) is 97.5 Å². The Kier molecular flexibility index (Phi) is 6.30. The predicted molar refractivity (Wildman–Crippen MR) is 108 cm³/mol. The minimum Gasteiger partial charge on any atom is -0.508 e. The van der Waals surface area contributed by atoms with E-state index >= 15 is 0 Å². The van der Waals surface area contributed by atoms with Crippen molar-refractivity contribution >= 4 is 5.97 Å². The van der Waals surface area contributed by atoms with E-state index in [2.05, 4.69) is 0 Å². The number of phenols is 1. The molecule has 0 saturated heterocycles. The first-order valence-corrected chi connectivity index (χ1v) is 10.1. The Morgan fingerprint density at radius 1 is 1.07 bits per heavy atom. The van der Waals surface area contributed by atoms with E-state index in [4.69, 9.17) is 4.74 Å². The van der Waals surface area contributed by atoms with Gasteiger partial charge in [-0.1, -0.05) is 60.8 Å². The summed E-state index contributed by atoms with van der Waals surface area (Å²) in [5.74, 6) is 0.315. The van der Waals surface area contributed by atoms with Crippen LogP contribution in [0.2, 0.25) is 0 Å². The van der Waals surface area contributed by atoms with Gasteiger partial charge >= 0.3 is 5.97 Å². The molecule has 0 aliphatic heterocycles. The highest BCUT2D eigenvalue weighted by molar-refractivity contribution is 5.72. The molecule has 0 amide bonds. The van der Waals surface area contributed by atoms with Crippen molar-refractivity contribution in [3.05, 3.63) is 22.8 Å². The first kappa shape index (κ1) is 21.7. The van der Waals surface area contributed by atoms with Gasteiger partial charge in [-0.05, 0) is 35.7 Å². The number of aromatic hydroxyl groups is 1. The molecule has 0 spiro atoms. The molecular formula is C23H36O4. The number of esters is 1. The molecule has 1 aliphatic rings. The summed E-state index contributed by atoms with van der Waals surface area (Å²) < 4.78 is 5.70. The topological polar surface area (TPSA) is 66.8 Å². The molecule has 0 bridgehead atoms. The highest BCUT2D eigenvalue weighted by atomic mass is 16.5. The standard InChI is InChI=1S/C23H36O4/c1-14(24)27-21-16(22(2,3)4)13-17(25)18(19(21)23(5,6)7)20(26)15-11-9-8-10-12-15/h13,15,20,25-26H,8-12H2,1-7H3. The van der Waals surface area contributed by atoms with E-state index in [1.165, 1.54) is 13.3 Å². The van der Waals surface area contributed by atoms with E-state index in [1.54, 1.807) is 6.07 Å². The first-order valence-electron chi connectivity index (χ1n) is 10.1. The van der Waals surface area contributed by atoms with Gasteiger partial charge in [-0.25, -0.2) is 0 Å². The molecular weight excluding hydrogens is 340 g/mol. The van der Waals surface area contributed by atoms with E-state index < -0.39 is 17.5 Å². The molecule has 2 rings (SSSR count). The molecule has 0 radical (unpaired) electrons. The summed E-state index contributed by atoms with van der Waals surface area (Å²) in [6, 6.07) is 1.68. The Morgan fingerprint density at radius 2 is 1.63 bits per heavy atom. The number of hydrogen-bond acceptors (Lipinski definition) is 4. The van der Waals surface area contributed by atoms with Crippen molar-refractivity contribution in [3.63, 3.8) is 0 Å². The zero-order valence-corrected chi connectivity index (χ0v) is 18.0. The summed E-state index contributed by atoms with van der Waals surface area (Å²) in [4.78, 5) is 11.9. The average Bonchev–Trinajstić information content (AvgIpc) is 2.53. The van der Waals surface area contributed by atoms with Crippen molar-refractivity contribution in [2.24, 2.45) is 5.92 Å². The van der Waals surface area contributed by atoms with Gasteiger partial charge in [0.1, 0.15) is 11.5 Å². The van der Waals surface area contributed by atoms with E-state index in [1.807, 2.05) is 41.5 Å². The second-order valence-electron chi connectivity index (χ2n) is 10.00. The maximum absolute atomic E-state index is 11.9. The Labute approximate surface area is 163 Å². The number of ether oxygens (including phenoxy) is 1. The van der Waals surface area contributed by atoms with Gasteiger partial charge in [0.15, 0.2) is 0 Å². The lowest BCUT2D eigenvalue weighted by Crippen LogP contribution is -2.26. The number of aliphatic hydroxyl groups is 1. The second kappa shape index (κ2) is 7.83. The van der Waals surface area contributed by atoms with Crippen molar-refractivity contribution in [1.82, 2.24) is 0 Å². The highest BCUT2D eigenvalue weighted by Gasteiger charge is 2.37. The van der Waals surface area contributed by atoms with E-state index in [9.17, 15) is 15.0 Å². The van der Waals surface area contributed by atoms with Gasteiger partial charge in [-0.3, -0.25) is 4.79 Å². The third kappa shape index (κ3) is 4.84. The maximum atomic E-state index is 11.9. The Balaban J connectivity index is 2.77. The average molecular weight is 377 g/mol. The molecule has 4 nitrogen and oxygen atoms in total. The molecule has 4 heteroatoms. The molecule has 0 aromatic heterocycles. The molecule has 152 valence electrons. The monoisotopic (exact) mass is 376 g/mol. The van der Waals surface area contributed by atoms with Crippen LogP contribution in [0.15, 0.2) is 6.07 Å². The van der Waals surface area contributed by atoms with Crippen molar-refractivity contribution in [1.29, 1.82) is 0 Å². The number of carbonyl (C=O) groups is 1. The van der Waals surface area contributed by atoms with Gasteiger partial charge in [-0.15, -0.1) is 0 Å². The van der Waals surface area contributed by atoms with E-state index in [0.717, 1.165) is 36.8 Å². The Morgan fingerprint density at radius 3 is 2.07 bits per heavy atom. The zero-order valence-electron chi connectivity index (χ0n) is 18.0. The fourth-order valence-corrected chi connectivity index (χ4v) is 4.20. The predicted octanol–water partition coefficient (Wildman–Crippen LogP) is 5.53. The molecule has 1 aromatic rings. The maximum Gasteiger partial charge on any atom is 0.308 e. The molecule has 1 unspecified atom stereocenters. The van der Waals surface area contributed by atoms with Crippen molar-refractivity contribution < 1.29 is 19.7 Å². The second-order valence-corrected chi connectivity index (χ2v) is 10.00. The van der Waals surface area contributed by atoms with Gasteiger partial charge in [-0.2, -0.15) is 0 Å². The largest absolute Gasteiger partial charge is 0.508 e. The number of phenolic OH excluding ortho intramolecular Hbond substituents is 1. The van der Waals surface area contributed by atoms with Crippen LogP contribution in [0.1, 0.15) is 103 Å². The molecule has 1 fully saturated rings. The number of hydrogen-bond donors (Lipinski definition) is 2.